The fourth-order valence-corrected chi connectivity index (χ4v) is 1.18. The van der Waals surface area contributed by atoms with Crippen molar-refractivity contribution in [3.8, 4) is 0 Å². The summed E-state index contributed by atoms with van der Waals surface area (Å²) in [6, 6.07) is 0. The molecule has 82 valence electrons. The zero-order chi connectivity index (χ0) is 11.9. The molecule has 0 fully saturated rings. The van der Waals surface area contributed by atoms with Crippen molar-refractivity contribution in [2.45, 2.75) is 0 Å². The lowest BCUT2D eigenvalue weighted by Gasteiger charge is -2.04. The molecule has 2 heterocycles. The number of primary amides is 1. The normalized spacial score (nSPS) is 10.5. The highest BCUT2D eigenvalue weighted by molar-refractivity contribution is 5.98. The Balaban J connectivity index is 2.84. The van der Waals surface area contributed by atoms with E-state index in [0.29, 0.717) is 0 Å². The van der Waals surface area contributed by atoms with Gasteiger partial charge < -0.3 is 22.9 Å². The summed E-state index contributed by atoms with van der Waals surface area (Å²) in [5.74, 6) is -0.969. The standard InChI is InChI=1S/C7H8N8O/c8-3-1(5(10)16)12-2-4(9)14-7(11)15-6(2)13-3/h(H2,10,16)(H6,8,9,11,13,14,15). The summed E-state index contributed by atoms with van der Waals surface area (Å²) in [7, 11) is 0. The van der Waals surface area contributed by atoms with Gasteiger partial charge in [-0.3, -0.25) is 4.79 Å². The summed E-state index contributed by atoms with van der Waals surface area (Å²) in [5, 5.41) is 0. The Bertz CT molecular complexity index is 594. The van der Waals surface area contributed by atoms with Crippen LogP contribution in [0, 0.1) is 0 Å². The van der Waals surface area contributed by atoms with E-state index in [-0.39, 0.29) is 34.4 Å². The van der Waals surface area contributed by atoms with Crippen LogP contribution in [0.1, 0.15) is 10.5 Å². The van der Waals surface area contributed by atoms with Gasteiger partial charge in [0.05, 0.1) is 0 Å². The fourth-order valence-electron chi connectivity index (χ4n) is 1.18. The molecule has 0 saturated carbocycles. The minimum Gasteiger partial charge on any atom is -0.382 e. The van der Waals surface area contributed by atoms with Crippen LogP contribution in [0.2, 0.25) is 0 Å². The number of hydrogen-bond acceptors (Lipinski definition) is 8. The predicted molar refractivity (Wildman–Crippen MR) is 56.9 cm³/mol. The topological polar surface area (TPSA) is 173 Å². The maximum atomic E-state index is 11.0. The molecule has 0 aliphatic rings. The van der Waals surface area contributed by atoms with Gasteiger partial charge in [0.1, 0.15) is 0 Å². The molecular weight excluding hydrogens is 212 g/mol. The number of fused-ring (bicyclic) bond motifs is 1. The van der Waals surface area contributed by atoms with Crippen LogP contribution < -0.4 is 22.9 Å². The second-order valence-electron chi connectivity index (χ2n) is 2.96. The van der Waals surface area contributed by atoms with E-state index < -0.39 is 5.91 Å². The molecule has 1 amide bonds. The number of anilines is 3. The van der Waals surface area contributed by atoms with Crippen LogP contribution in [-0.4, -0.2) is 25.8 Å². The number of carbonyl (C=O) groups excluding carboxylic acids is 1. The third kappa shape index (κ3) is 1.39. The molecule has 0 atom stereocenters. The first-order valence-corrected chi connectivity index (χ1v) is 4.15. The van der Waals surface area contributed by atoms with E-state index in [9.17, 15) is 4.79 Å². The quantitative estimate of drug-likeness (QED) is 0.438. The lowest BCUT2D eigenvalue weighted by molar-refractivity contribution is 0.0996. The molecule has 2 aromatic rings. The fraction of sp³-hybridized carbons (Fsp3) is 0. The van der Waals surface area contributed by atoms with E-state index in [4.69, 9.17) is 22.9 Å². The second-order valence-corrected chi connectivity index (χ2v) is 2.96. The number of nitrogens with two attached hydrogens (primary N) is 4. The number of carbonyl (C=O) groups is 1. The average molecular weight is 220 g/mol. The monoisotopic (exact) mass is 220 g/mol. The number of nitrogen functional groups attached to an aromatic ring is 3. The highest BCUT2D eigenvalue weighted by Gasteiger charge is 2.14. The predicted octanol–water partition coefficient (Wildman–Crippen LogP) is -1.73. The Morgan fingerprint density at radius 3 is 2.25 bits per heavy atom. The summed E-state index contributed by atoms with van der Waals surface area (Å²) in [4.78, 5) is 26.1. The van der Waals surface area contributed by atoms with E-state index in [1.54, 1.807) is 0 Å². The van der Waals surface area contributed by atoms with Crippen molar-refractivity contribution in [3.63, 3.8) is 0 Å². The van der Waals surface area contributed by atoms with Gasteiger partial charge in [0.15, 0.2) is 28.5 Å². The van der Waals surface area contributed by atoms with Gasteiger partial charge in [-0.1, -0.05) is 0 Å². The highest BCUT2D eigenvalue weighted by Crippen LogP contribution is 2.17. The van der Waals surface area contributed by atoms with E-state index >= 15 is 0 Å². The largest absolute Gasteiger partial charge is 0.382 e. The van der Waals surface area contributed by atoms with Gasteiger partial charge in [-0.15, -0.1) is 0 Å². The number of aromatic nitrogens is 4. The highest BCUT2D eigenvalue weighted by atomic mass is 16.1. The van der Waals surface area contributed by atoms with Gasteiger partial charge >= 0.3 is 0 Å². The molecule has 2 rings (SSSR count). The Morgan fingerprint density at radius 2 is 1.62 bits per heavy atom. The first-order chi connectivity index (χ1) is 7.49. The molecule has 9 heteroatoms. The van der Waals surface area contributed by atoms with Crippen molar-refractivity contribution in [2.24, 2.45) is 5.73 Å². The van der Waals surface area contributed by atoms with Gasteiger partial charge in [-0.2, -0.15) is 9.97 Å². The van der Waals surface area contributed by atoms with Crippen molar-refractivity contribution >= 4 is 34.7 Å². The maximum Gasteiger partial charge on any atom is 0.271 e. The molecule has 16 heavy (non-hydrogen) atoms. The molecular formula is C7H8N8O. The first kappa shape index (κ1) is 9.83. The molecule has 0 radical (unpaired) electrons. The first-order valence-electron chi connectivity index (χ1n) is 4.15. The molecule has 0 bridgehead atoms. The average Bonchev–Trinajstić information content (AvgIpc) is 2.15. The van der Waals surface area contributed by atoms with Gasteiger partial charge in [0, 0.05) is 0 Å². The molecule has 0 aromatic carbocycles. The number of rotatable bonds is 1. The number of nitrogens with zero attached hydrogens (tertiary/aromatic N) is 4. The van der Waals surface area contributed by atoms with Crippen LogP contribution in [0.15, 0.2) is 0 Å². The maximum absolute atomic E-state index is 11.0. The van der Waals surface area contributed by atoms with E-state index in [2.05, 4.69) is 19.9 Å². The number of hydrogen-bond donors (Lipinski definition) is 4. The molecule has 0 unspecified atom stereocenters. The van der Waals surface area contributed by atoms with Crippen LogP contribution in [0.4, 0.5) is 17.6 Å². The lowest BCUT2D eigenvalue weighted by Crippen LogP contribution is -2.17. The third-order valence-corrected chi connectivity index (χ3v) is 1.84. The van der Waals surface area contributed by atoms with Crippen LogP contribution in [0.25, 0.3) is 11.2 Å². The number of amides is 1. The minimum atomic E-state index is -0.803. The van der Waals surface area contributed by atoms with Crippen molar-refractivity contribution < 1.29 is 4.79 Å². The van der Waals surface area contributed by atoms with Crippen molar-refractivity contribution in [1.29, 1.82) is 0 Å². The Morgan fingerprint density at radius 1 is 0.938 bits per heavy atom. The molecule has 0 aliphatic carbocycles. The zero-order valence-corrected chi connectivity index (χ0v) is 8.01. The molecule has 0 aliphatic heterocycles. The van der Waals surface area contributed by atoms with Crippen molar-refractivity contribution in [2.75, 3.05) is 17.2 Å². The van der Waals surface area contributed by atoms with Crippen LogP contribution >= 0.6 is 0 Å². The van der Waals surface area contributed by atoms with E-state index in [1.165, 1.54) is 0 Å². The van der Waals surface area contributed by atoms with Crippen molar-refractivity contribution in [1.82, 2.24) is 19.9 Å². The third-order valence-electron chi connectivity index (χ3n) is 1.84. The van der Waals surface area contributed by atoms with Gasteiger partial charge in [-0.25, -0.2) is 9.97 Å². The van der Waals surface area contributed by atoms with E-state index in [0.717, 1.165) is 0 Å². The summed E-state index contributed by atoms with van der Waals surface area (Å²) in [6.07, 6.45) is 0. The molecule has 2 aromatic heterocycles. The smallest absolute Gasteiger partial charge is 0.271 e. The van der Waals surface area contributed by atoms with Crippen molar-refractivity contribution in [3.05, 3.63) is 5.69 Å². The molecule has 0 saturated heterocycles. The summed E-state index contributed by atoms with van der Waals surface area (Å²) >= 11 is 0. The molecule has 8 N–H and O–H groups in total. The summed E-state index contributed by atoms with van der Waals surface area (Å²) in [5.41, 5.74) is 21.5. The summed E-state index contributed by atoms with van der Waals surface area (Å²) in [6.45, 7) is 0. The molecule has 9 nitrogen and oxygen atoms in total. The van der Waals surface area contributed by atoms with Crippen LogP contribution in [0.3, 0.4) is 0 Å². The van der Waals surface area contributed by atoms with Crippen LogP contribution in [0.5, 0.6) is 0 Å². The lowest BCUT2D eigenvalue weighted by atomic mass is 10.3. The van der Waals surface area contributed by atoms with Crippen LogP contribution in [-0.2, 0) is 0 Å². The zero-order valence-electron chi connectivity index (χ0n) is 8.01. The Hall–Kier alpha value is -2.71. The minimum absolute atomic E-state index is 0.0116. The van der Waals surface area contributed by atoms with E-state index in [1.807, 2.05) is 0 Å². The van der Waals surface area contributed by atoms with Gasteiger partial charge in [0.2, 0.25) is 5.95 Å². The Labute approximate surface area is 88.9 Å². The molecule has 0 spiro atoms. The Kier molecular flexibility index (Phi) is 1.94. The van der Waals surface area contributed by atoms with Gasteiger partial charge in [0.25, 0.3) is 5.91 Å². The van der Waals surface area contributed by atoms with Gasteiger partial charge in [-0.05, 0) is 0 Å². The SMILES string of the molecule is NC(=O)c1nc2c(N)nc(N)nc2nc1N. The summed E-state index contributed by atoms with van der Waals surface area (Å²) < 4.78 is 0. The second kappa shape index (κ2) is 3.15.